The molecule has 1 aliphatic heterocycles. The molecule has 4 heteroatoms. The Morgan fingerprint density at radius 3 is 2.04 bits per heavy atom. The Morgan fingerprint density at radius 1 is 0.875 bits per heavy atom. The summed E-state index contributed by atoms with van der Waals surface area (Å²) in [6.07, 6.45) is 17.8. The van der Waals surface area contributed by atoms with E-state index in [1.54, 1.807) is 11.1 Å². The Kier molecular flexibility index (Phi) is 8.41. The molecular formula is C20H36OS3. The van der Waals surface area contributed by atoms with Crippen molar-refractivity contribution in [3.63, 3.8) is 0 Å². The number of unbranched alkanes of at least 4 members (excludes halogenated alkanes) is 2. The average Bonchev–Trinajstić information content (AvgIpc) is 2.63. The fraction of sp³-hybridized carbons (Fsp3) is 1.00. The topological polar surface area (TPSA) is 9.23 Å². The Balaban J connectivity index is 1.36. The third-order valence-electron chi connectivity index (χ3n) is 7.01. The lowest BCUT2D eigenvalue weighted by Crippen LogP contribution is -2.32. The molecule has 1 heterocycles. The first-order valence-corrected chi connectivity index (χ1v) is 14.0. The Labute approximate surface area is 160 Å². The van der Waals surface area contributed by atoms with Crippen molar-refractivity contribution in [2.24, 2.45) is 29.6 Å². The Morgan fingerprint density at radius 2 is 1.46 bits per heavy atom. The first kappa shape index (κ1) is 19.6. The molecule has 3 fully saturated rings. The fourth-order valence-electron chi connectivity index (χ4n) is 5.41. The molecule has 2 aliphatic carbocycles. The van der Waals surface area contributed by atoms with Crippen molar-refractivity contribution in [3.05, 3.63) is 0 Å². The van der Waals surface area contributed by atoms with E-state index in [1.807, 2.05) is 0 Å². The van der Waals surface area contributed by atoms with Crippen LogP contribution < -0.4 is 0 Å². The smallest absolute Gasteiger partial charge is 0.0664 e. The van der Waals surface area contributed by atoms with Gasteiger partial charge in [-0.3, -0.25) is 0 Å². The molecule has 1 nitrogen and oxygen atoms in total. The van der Waals surface area contributed by atoms with Crippen molar-refractivity contribution < 1.29 is 4.18 Å². The van der Waals surface area contributed by atoms with Gasteiger partial charge in [-0.1, -0.05) is 45.4 Å². The zero-order valence-electron chi connectivity index (χ0n) is 15.4. The molecule has 0 spiro atoms. The van der Waals surface area contributed by atoms with Crippen LogP contribution in [-0.4, -0.2) is 12.4 Å². The lowest BCUT2D eigenvalue weighted by Gasteiger charge is -2.40. The Bertz CT molecular complexity index is 384. The van der Waals surface area contributed by atoms with Crippen LogP contribution in [0.15, 0.2) is 0 Å². The van der Waals surface area contributed by atoms with Gasteiger partial charge in [0.15, 0.2) is 0 Å². The molecule has 2 unspecified atom stereocenters. The van der Waals surface area contributed by atoms with Crippen LogP contribution in [0.1, 0.15) is 84.0 Å². The van der Waals surface area contributed by atoms with E-state index in [2.05, 4.69) is 6.92 Å². The molecule has 3 aliphatic rings. The summed E-state index contributed by atoms with van der Waals surface area (Å²) in [5, 5.41) is 0. The largest absolute Gasteiger partial charge is 0.304 e. The monoisotopic (exact) mass is 388 g/mol. The molecule has 140 valence electrons. The summed E-state index contributed by atoms with van der Waals surface area (Å²) in [7, 11) is 0.0349. The number of rotatable bonds is 6. The van der Waals surface area contributed by atoms with Gasteiger partial charge in [0.25, 0.3) is 0 Å². The quantitative estimate of drug-likeness (QED) is 0.293. The first-order chi connectivity index (χ1) is 11.8. The maximum Gasteiger partial charge on any atom is 0.0664 e. The molecule has 0 radical (unpaired) electrons. The third kappa shape index (κ3) is 5.69. The van der Waals surface area contributed by atoms with Crippen molar-refractivity contribution in [2.45, 2.75) is 84.0 Å². The molecule has 24 heavy (non-hydrogen) atoms. The van der Waals surface area contributed by atoms with Crippen molar-refractivity contribution in [1.82, 2.24) is 0 Å². The highest BCUT2D eigenvalue weighted by molar-refractivity contribution is 8.81. The molecule has 0 amide bonds. The molecule has 0 aromatic rings. The predicted octanol–water partition coefficient (Wildman–Crippen LogP) is 6.47. The SMILES string of the molecule is CCCCCC1CCC(C2CCC(C3COSS(=S)C3)CC2)CC1. The van der Waals surface area contributed by atoms with Crippen molar-refractivity contribution in [2.75, 3.05) is 12.4 Å². The minimum Gasteiger partial charge on any atom is -0.304 e. The zero-order chi connectivity index (χ0) is 16.8. The van der Waals surface area contributed by atoms with Gasteiger partial charge in [0.05, 0.1) is 17.7 Å². The second kappa shape index (κ2) is 10.3. The van der Waals surface area contributed by atoms with Gasteiger partial charge in [0.1, 0.15) is 0 Å². The van der Waals surface area contributed by atoms with Crippen molar-refractivity contribution in [3.8, 4) is 0 Å². The summed E-state index contributed by atoms with van der Waals surface area (Å²) in [6.45, 7) is 3.28. The van der Waals surface area contributed by atoms with Crippen LogP contribution in [0, 0.1) is 29.6 Å². The van der Waals surface area contributed by atoms with E-state index in [1.165, 1.54) is 82.8 Å². The van der Waals surface area contributed by atoms with Crippen LogP contribution in [-0.2, 0) is 23.9 Å². The summed E-state index contributed by atoms with van der Waals surface area (Å²) in [4.78, 5) is 0. The number of hydrogen-bond acceptors (Lipinski definition) is 3. The van der Waals surface area contributed by atoms with Crippen molar-refractivity contribution >= 4 is 30.7 Å². The van der Waals surface area contributed by atoms with Gasteiger partial charge in [-0.2, -0.15) is 0 Å². The summed E-state index contributed by atoms with van der Waals surface area (Å²) in [6, 6.07) is 0. The lowest BCUT2D eigenvalue weighted by atomic mass is 9.67. The van der Waals surface area contributed by atoms with Gasteiger partial charge < -0.3 is 4.18 Å². The van der Waals surface area contributed by atoms with Crippen LogP contribution in [0.2, 0.25) is 0 Å². The highest BCUT2D eigenvalue weighted by Crippen LogP contribution is 2.44. The van der Waals surface area contributed by atoms with Crippen LogP contribution in [0.5, 0.6) is 0 Å². The van der Waals surface area contributed by atoms with Crippen LogP contribution in [0.4, 0.5) is 0 Å². The standard InChI is InChI=1S/C20H36OS3/c1-2-3-4-5-16-6-8-17(9-7-16)18-10-12-19(13-11-18)20-14-21-23-24(22)15-20/h16-20H,2-15H2,1H3. The van der Waals surface area contributed by atoms with Crippen molar-refractivity contribution in [1.29, 1.82) is 0 Å². The summed E-state index contributed by atoms with van der Waals surface area (Å²) < 4.78 is 5.67. The van der Waals surface area contributed by atoms with E-state index in [-0.39, 0.29) is 8.49 Å². The summed E-state index contributed by atoms with van der Waals surface area (Å²) in [5.41, 5.74) is 0. The normalized spacial score (nSPS) is 41.2. The van der Waals surface area contributed by atoms with E-state index in [9.17, 15) is 0 Å². The summed E-state index contributed by atoms with van der Waals surface area (Å²) in [5.74, 6) is 6.07. The fourth-order valence-corrected chi connectivity index (χ4v) is 8.58. The molecule has 0 bridgehead atoms. The molecule has 0 N–H and O–H groups in total. The molecule has 0 aromatic carbocycles. The molecule has 2 saturated carbocycles. The average molecular weight is 389 g/mol. The van der Waals surface area contributed by atoms with Gasteiger partial charge in [0.2, 0.25) is 0 Å². The zero-order valence-corrected chi connectivity index (χ0v) is 17.9. The maximum atomic E-state index is 5.67. The van der Waals surface area contributed by atoms with E-state index < -0.39 is 0 Å². The third-order valence-corrected chi connectivity index (χ3v) is 10.2. The van der Waals surface area contributed by atoms with E-state index in [0.29, 0.717) is 0 Å². The minimum atomic E-state index is 0.0349. The predicted molar refractivity (Wildman–Crippen MR) is 112 cm³/mol. The van der Waals surface area contributed by atoms with Gasteiger partial charge >= 0.3 is 0 Å². The van der Waals surface area contributed by atoms with E-state index in [0.717, 1.165) is 36.2 Å². The maximum absolute atomic E-state index is 5.67. The van der Waals surface area contributed by atoms with Crippen LogP contribution in [0.25, 0.3) is 0 Å². The molecule has 2 atom stereocenters. The van der Waals surface area contributed by atoms with E-state index in [4.69, 9.17) is 15.4 Å². The van der Waals surface area contributed by atoms with Crippen LogP contribution in [0.3, 0.4) is 0 Å². The second-order valence-corrected chi connectivity index (χ2v) is 13.3. The first-order valence-electron chi connectivity index (χ1n) is 10.4. The van der Waals surface area contributed by atoms with Gasteiger partial charge in [-0.15, -0.1) is 0 Å². The van der Waals surface area contributed by atoms with Gasteiger partial charge in [-0.25, -0.2) is 0 Å². The number of hydrogen-bond donors (Lipinski definition) is 0. The van der Waals surface area contributed by atoms with Gasteiger partial charge in [-0.05, 0) is 87.8 Å². The lowest BCUT2D eigenvalue weighted by molar-refractivity contribution is 0.114. The molecule has 1 saturated heterocycles. The Hall–Kier alpha value is 0.880. The second-order valence-electron chi connectivity index (χ2n) is 8.53. The van der Waals surface area contributed by atoms with Gasteiger partial charge in [0, 0.05) is 5.75 Å². The molecule has 3 rings (SSSR count). The van der Waals surface area contributed by atoms with E-state index >= 15 is 0 Å². The highest BCUT2D eigenvalue weighted by atomic mass is 33.3. The van der Waals surface area contributed by atoms with Crippen LogP contribution >= 0.6 is 11.1 Å². The molecular weight excluding hydrogens is 352 g/mol. The summed E-state index contributed by atoms with van der Waals surface area (Å²) >= 11 is 7.03. The highest BCUT2D eigenvalue weighted by Gasteiger charge is 2.34. The minimum absolute atomic E-state index is 0.0349. The molecule has 0 aromatic heterocycles.